The standard InChI is InChI=1S/C12H10N4O2S/c13-19(17,18)10-7-5-9(6-8-10)16-14-11-3-1-2-4-12(11)15-16/h1-8H,(H2,13,17,18). The predicted molar refractivity (Wildman–Crippen MR) is 70.2 cm³/mol. The molecule has 0 spiro atoms. The van der Waals surface area contributed by atoms with E-state index in [-0.39, 0.29) is 4.90 Å². The Kier molecular flexibility index (Phi) is 2.58. The van der Waals surface area contributed by atoms with Gasteiger partial charge in [0.25, 0.3) is 0 Å². The zero-order valence-corrected chi connectivity index (χ0v) is 10.6. The quantitative estimate of drug-likeness (QED) is 0.756. The van der Waals surface area contributed by atoms with E-state index >= 15 is 0 Å². The van der Waals surface area contributed by atoms with E-state index in [0.29, 0.717) is 5.69 Å². The van der Waals surface area contributed by atoms with E-state index in [1.54, 1.807) is 12.1 Å². The molecule has 0 aliphatic rings. The lowest BCUT2D eigenvalue weighted by Crippen LogP contribution is -2.12. The van der Waals surface area contributed by atoms with Crippen molar-refractivity contribution in [2.45, 2.75) is 4.90 Å². The summed E-state index contributed by atoms with van der Waals surface area (Å²) in [6.45, 7) is 0. The van der Waals surface area contributed by atoms with Gasteiger partial charge < -0.3 is 0 Å². The first-order valence-electron chi connectivity index (χ1n) is 5.49. The number of benzene rings is 2. The topological polar surface area (TPSA) is 90.9 Å². The smallest absolute Gasteiger partial charge is 0.225 e. The number of sulfonamides is 1. The fourth-order valence-corrected chi connectivity index (χ4v) is 2.26. The van der Waals surface area contributed by atoms with Gasteiger partial charge in [0, 0.05) is 0 Å². The van der Waals surface area contributed by atoms with E-state index in [1.165, 1.54) is 16.9 Å². The summed E-state index contributed by atoms with van der Waals surface area (Å²) in [7, 11) is -3.68. The maximum atomic E-state index is 11.2. The number of fused-ring (bicyclic) bond motifs is 1. The van der Waals surface area contributed by atoms with Gasteiger partial charge in [0.05, 0.1) is 10.6 Å². The number of rotatable bonds is 2. The van der Waals surface area contributed by atoms with E-state index in [0.717, 1.165) is 11.0 Å². The highest BCUT2D eigenvalue weighted by Gasteiger charge is 2.08. The normalized spacial score (nSPS) is 11.8. The molecule has 0 saturated heterocycles. The molecular weight excluding hydrogens is 264 g/mol. The van der Waals surface area contributed by atoms with Crippen molar-refractivity contribution in [2.75, 3.05) is 0 Å². The molecule has 0 aliphatic carbocycles. The fourth-order valence-electron chi connectivity index (χ4n) is 1.74. The Morgan fingerprint density at radius 2 is 1.42 bits per heavy atom. The Morgan fingerprint density at radius 1 is 0.895 bits per heavy atom. The number of hydrogen-bond donors (Lipinski definition) is 1. The van der Waals surface area contributed by atoms with Crippen molar-refractivity contribution < 1.29 is 8.42 Å². The number of hydrogen-bond acceptors (Lipinski definition) is 4. The van der Waals surface area contributed by atoms with Crippen LogP contribution in [0.2, 0.25) is 0 Å². The summed E-state index contributed by atoms with van der Waals surface area (Å²) < 4.78 is 22.3. The van der Waals surface area contributed by atoms with Gasteiger partial charge in [0.1, 0.15) is 11.0 Å². The number of nitrogens with two attached hydrogens (primary N) is 1. The Labute approximate surface area is 109 Å². The predicted octanol–water partition coefficient (Wildman–Crippen LogP) is 1.07. The third-order valence-corrected chi connectivity index (χ3v) is 3.61. The van der Waals surface area contributed by atoms with E-state index in [9.17, 15) is 8.42 Å². The molecule has 6 nitrogen and oxygen atoms in total. The van der Waals surface area contributed by atoms with Crippen molar-refractivity contribution in [3.8, 4) is 5.69 Å². The van der Waals surface area contributed by atoms with Crippen molar-refractivity contribution in [3.05, 3.63) is 48.5 Å². The summed E-state index contributed by atoms with van der Waals surface area (Å²) in [4.78, 5) is 1.52. The molecule has 0 bridgehead atoms. The minimum atomic E-state index is -3.68. The average molecular weight is 274 g/mol. The molecule has 96 valence electrons. The second-order valence-electron chi connectivity index (χ2n) is 4.02. The summed E-state index contributed by atoms with van der Waals surface area (Å²) in [5, 5.41) is 13.6. The van der Waals surface area contributed by atoms with Crippen LogP contribution in [0.25, 0.3) is 16.7 Å². The first-order chi connectivity index (χ1) is 9.04. The molecule has 3 aromatic rings. The van der Waals surface area contributed by atoms with Crippen LogP contribution in [-0.2, 0) is 10.0 Å². The van der Waals surface area contributed by atoms with Crippen molar-refractivity contribution in [3.63, 3.8) is 0 Å². The summed E-state index contributed by atoms with van der Waals surface area (Å²) in [5.74, 6) is 0. The minimum Gasteiger partial charge on any atom is -0.225 e. The fraction of sp³-hybridized carbons (Fsp3) is 0. The van der Waals surface area contributed by atoms with Crippen LogP contribution in [0.4, 0.5) is 0 Å². The van der Waals surface area contributed by atoms with Gasteiger partial charge in [-0.2, -0.15) is 4.80 Å². The van der Waals surface area contributed by atoms with Gasteiger partial charge in [-0.1, -0.05) is 12.1 Å². The first-order valence-corrected chi connectivity index (χ1v) is 7.04. The molecule has 3 rings (SSSR count). The molecule has 0 atom stereocenters. The number of primary sulfonamides is 1. The minimum absolute atomic E-state index is 0.0629. The van der Waals surface area contributed by atoms with Gasteiger partial charge >= 0.3 is 0 Å². The van der Waals surface area contributed by atoms with Crippen LogP contribution in [0, 0.1) is 0 Å². The van der Waals surface area contributed by atoms with Crippen LogP contribution in [0.5, 0.6) is 0 Å². The van der Waals surface area contributed by atoms with Gasteiger partial charge in [-0.05, 0) is 36.4 Å². The van der Waals surface area contributed by atoms with Crippen LogP contribution < -0.4 is 5.14 Å². The van der Waals surface area contributed by atoms with Crippen molar-refractivity contribution >= 4 is 21.1 Å². The molecule has 19 heavy (non-hydrogen) atoms. The van der Waals surface area contributed by atoms with E-state index < -0.39 is 10.0 Å². The molecule has 2 N–H and O–H groups in total. The van der Waals surface area contributed by atoms with Gasteiger partial charge in [-0.3, -0.25) is 0 Å². The highest BCUT2D eigenvalue weighted by molar-refractivity contribution is 7.89. The van der Waals surface area contributed by atoms with Crippen LogP contribution in [0.3, 0.4) is 0 Å². The molecule has 0 saturated carbocycles. The van der Waals surface area contributed by atoms with E-state index in [2.05, 4.69) is 10.2 Å². The monoisotopic (exact) mass is 274 g/mol. The molecule has 0 aliphatic heterocycles. The van der Waals surface area contributed by atoms with Gasteiger partial charge in [0.2, 0.25) is 10.0 Å². The lowest BCUT2D eigenvalue weighted by molar-refractivity contribution is 0.597. The van der Waals surface area contributed by atoms with Crippen molar-refractivity contribution in [1.29, 1.82) is 0 Å². The SMILES string of the molecule is NS(=O)(=O)c1ccc(-n2nc3ccccc3n2)cc1. The largest absolute Gasteiger partial charge is 0.238 e. The second-order valence-corrected chi connectivity index (χ2v) is 5.58. The van der Waals surface area contributed by atoms with Gasteiger partial charge in [0.15, 0.2) is 0 Å². The van der Waals surface area contributed by atoms with Crippen LogP contribution in [0.15, 0.2) is 53.4 Å². The number of aromatic nitrogens is 3. The molecular formula is C12H10N4O2S. The average Bonchev–Trinajstić information content (AvgIpc) is 2.81. The zero-order valence-electron chi connectivity index (χ0n) is 9.76. The molecule has 1 heterocycles. The van der Waals surface area contributed by atoms with E-state index in [1.807, 2.05) is 24.3 Å². The summed E-state index contributed by atoms with van der Waals surface area (Å²) >= 11 is 0. The molecule has 0 radical (unpaired) electrons. The van der Waals surface area contributed by atoms with Gasteiger partial charge in [-0.15, -0.1) is 10.2 Å². The van der Waals surface area contributed by atoms with Crippen LogP contribution >= 0.6 is 0 Å². The molecule has 2 aromatic carbocycles. The highest BCUT2D eigenvalue weighted by Crippen LogP contribution is 2.14. The van der Waals surface area contributed by atoms with Crippen LogP contribution in [-0.4, -0.2) is 23.4 Å². The summed E-state index contributed by atoms with van der Waals surface area (Å²) in [6, 6.07) is 13.6. The Hall–Kier alpha value is -2.25. The molecule has 0 unspecified atom stereocenters. The van der Waals surface area contributed by atoms with Gasteiger partial charge in [-0.25, -0.2) is 13.6 Å². The van der Waals surface area contributed by atoms with Crippen molar-refractivity contribution in [2.24, 2.45) is 5.14 Å². The third kappa shape index (κ3) is 2.20. The maximum Gasteiger partial charge on any atom is 0.238 e. The summed E-state index contributed by atoms with van der Waals surface area (Å²) in [6.07, 6.45) is 0. The Bertz CT molecular complexity index is 805. The lowest BCUT2D eigenvalue weighted by atomic mass is 10.3. The highest BCUT2D eigenvalue weighted by atomic mass is 32.2. The molecule has 7 heteroatoms. The zero-order chi connectivity index (χ0) is 13.5. The second kappa shape index (κ2) is 4.15. The summed E-state index contributed by atoms with van der Waals surface area (Å²) in [5.41, 5.74) is 2.22. The Balaban J connectivity index is 2.07. The first kappa shape index (κ1) is 11.8. The Morgan fingerprint density at radius 3 is 1.89 bits per heavy atom. The molecule has 0 amide bonds. The molecule has 0 fully saturated rings. The van der Waals surface area contributed by atoms with Crippen molar-refractivity contribution in [1.82, 2.24) is 15.0 Å². The number of nitrogens with zero attached hydrogens (tertiary/aromatic N) is 3. The lowest BCUT2D eigenvalue weighted by Gasteiger charge is -2.01. The van der Waals surface area contributed by atoms with Crippen LogP contribution in [0.1, 0.15) is 0 Å². The molecule has 1 aromatic heterocycles. The third-order valence-electron chi connectivity index (χ3n) is 2.68. The maximum absolute atomic E-state index is 11.2. The van der Waals surface area contributed by atoms with E-state index in [4.69, 9.17) is 5.14 Å².